The summed E-state index contributed by atoms with van der Waals surface area (Å²) in [5.74, 6) is 0.632. The first-order chi connectivity index (χ1) is 9.84. The molecule has 0 radical (unpaired) electrons. The molecule has 0 heterocycles. The molecule has 0 amide bonds. The number of hydrogen-bond donors (Lipinski definition) is 0. The number of nitrogens with zero attached hydrogens (tertiary/aromatic N) is 1. The Hall–Kier alpha value is -2.28. The van der Waals surface area contributed by atoms with Gasteiger partial charge in [0.1, 0.15) is 0 Å². The SMILES string of the molecule is CC1C=CC(N(c2ccccc2)c2ccccc2)=CC1. The maximum absolute atomic E-state index is 2.32. The molecular formula is C19H19N. The van der Waals surface area contributed by atoms with Gasteiger partial charge in [0.25, 0.3) is 0 Å². The van der Waals surface area contributed by atoms with Gasteiger partial charge in [0.15, 0.2) is 0 Å². The van der Waals surface area contributed by atoms with Crippen molar-refractivity contribution in [1.29, 1.82) is 0 Å². The minimum Gasteiger partial charge on any atom is -0.311 e. The summed E-state index contributed by atoms with van der Waals surface area (Å²) >= 11 is 0. The van der Waals surface area contributed by atoms with Crippen molar-refractivity contribution in [3.63, 3.8) is 0 Å². The lowest BCUT2D eigenvalue weighted by atomic mass is 10.0. The Balaban J connectivity index is 2.03. The molecule has 20 heavy (non-hydrogen) atoms. The van der Waals surface area contributed by atoms with E-state index < -0.39 is 0 Å². The van der Waals surface area contributed by atoms with Gasteiger partial charge in [0, 0.05) is 17.1 Å². The fourth-order valence-corrected chi connectivity index (χ4v) is 2.48. The van der Waals surface area contributed by atoms with E-state index in [1.54, 1.807) is 0 Å². The van der Waals surface area contributed by atoms with E-state index in [0.717, 1.165) is 6.42 Å². The Kier molecular flexibility index (Phi) is 3.69. The van der Waals surface area contributed by atoms with E-state index in [-0.39, 0.29) is 0 Å². The summed E-state index contributed by atoms with van der Waals surface area (Å²) < 4.78 is 0. The van der Waals surface area contributed by atoms with Crippen LogP contribution in [0.1, 0.15) is 13.3 Å². The first-order valence-corrected chi connectivity index (χ1v) is 7.13. The average Bonchev–Trinajstić information content (AvgIpc) is 2.52. The van der Waals surface area contributed by atoms with Crippen LogP contribution in [-0.2, 0) is 0 Å². The van der Waals surface area contributed by atoms with Crippen molar-refractivity contribution in [2.24, 2.45) is 5.92 Å². The van der Waals surface area contributed by atoms with Crippen molar-refractivity contribution >= 4 is 11.4 Å². The number of allylic oxidation sites excluding steroid dienone is 3. The Morgan fingerprint density at radius 1 is 0.850 bits per heavy atom. The van der Waals surface area contributed by atoms with Gasteiger partial charge in [0.05, 0.1) is 0 Å². The molecule has 1 heteroatoms. The van der Waals surface area contributed by atoms with Crippen LogP contribution in [0.15, 0.2) is 84.6 Å². The molecule has 2 aromatic rings. The lowest BCUT2D eigenvalue weighted by Gasteiger charge is -2.28. The Bertz CT molecular complexity index is 571. The highest BCUT2D eigenvalue weighted by Crippen LogP contribution is 2.32. The molecule has 0 aliphatic heterocycles. The Morgan fingerprint density at radius 3 is 1.85 bits per heavy atom. The standard InChI is InChI=1S/C19H19N/c1-16-12-14-19(15-13-16)20(17-8-4-2-5-9-17)18-10-6-3-7-11-18/h2-12,14-16H,13H2,1H3. The molecule has 0 fully saturated rings. The van der Waals surface area contributed by atoms with Crippen LogP contribution in [0, 0.1) is 5.92 Å². The van der Waals surface area contributed by atoms with Gasteiger partial charge in [-0.3, -0.25) is 0 Å². The summed E-state index contributed by atoms with van der Waals surface area (Å²) in [5.41, 5.74) is 3.65. The maximum atomic E-state index is 2.32. The monoisotopic (exact) mass is 261 g/mol. The minimum atomic E-state index is 0.632. The van der Waals surface area contributed by atoms with Gasteiger partial charge in [0.2, 0.25) is 0 Å². The van der Waals surface area contributed by atoms with Crippen molar-refractivity contribution in [1.82, 2.24) is 0 Å². The van der Waals surface area contributed by atoms with Crippen molar-refractivity contribution in [3.8, 4) is 0 Å². The van der Waals surface area contributed by atoms with Crippen LogP contribution in [0.5, 0.6) is 0 Å². The van der Waals surface area contributed by atoms with Gasteiger partial charge >= 0.3 is 0 Å². The highest BCUT2D eigenvalue weighted by molar-refractivity contribution is 5.70. The lowest BCUT2D eigenvalue weighted by Crippen LogP contribution is -2.16. The van der Waals surface area contributed by atoms with Crippen LogP contribution in [0.4, 0.5) is 11.4 Å². The van der Waals surface area contributed by atoms with Gasteiger partial charge in [-0.15, -0.1) is 0 Å². The third-order valence-corrected chi connectivity index (χ3v) is 3.58. The van der Waals surface area contributed by atoms with Gasteiger partial charge in [-0.25, -0.2) is 0 Å². The molecule has 0 spiro atoms. The third kappa shape index (κ3) is 2.67. The summed E-state index contributed by atoms with van der Waals surface area (Å²) in [6, 6.07) is 21.1. The fourth-order valence-electron chi connectivity index (χ4n) is 2.48. The first kappa shape index (κ1) is 12.7. The number of hydrogen-bond acceptors (Lipinski definition) is 1. The number of rotatable bonds is 3. The smallest absolute Gasteiger partial charge is 0.0461 e. The molecule has 0 N–H and O–H groups in total. The summed E-state index contributed by atoms with van der Waals surface area (Å²) in [7, 11) is 0. The molecule has 0 aromatic heterocycles. The second-order valence-electron chi connectivity index (χ2n) is 5.21. The highest BCUT2D eigenvalue weighted by Gasteiger charge is 2.14. The van der Waals surface area contributed by atoms with E-state index in [9.17, 15) is 0 Å². The van der Waals surface area contributed by atoms with Crippen molar-refractivity contribution < 1.29 is 0 Å². The average molecular weight is 261 g/mol. The zero-order chi connectivity index (χ0) is 13.8. The van der Waals surface area contributed by atoms with Crippen LogP contribution in [0.2, 0.25) is 0 Å². The number of para-hydroxylation sites is 2. The van der Waals surface area contributed by atoms with Crippen molar-refractivity contribution in [3.05, 3.63) is 84.6 Å². The maximum Gasteiger partial charge on any atom is 0.0461 e. The van der Waals surface area contributed by atoms with Gasteiger partial charge < -0.3 is 4.90 Å². The molecule has 1 aliphatic rings. The summed E-state index contributed by atoms with van der Waals surface area (Å²) in [6.45, 7) is 2.25. The fraction of sp³-hybridized carbons (Fsp3) is 0.158. The predicted molar refractivity (Wildman–Crippen MR) is 86.0 cm³/mol. The topological polar surface area (TPSA) is 3.24 Å². The van der Waals surface area contributed by atoms with E-state index in [0.29, 0.717) is 5.92 Å². The normalized spacial score (nSPS) is 17.6. The summed E-state index contributed by atoms with van der Waals surface area (Å²) in [5, 5.41) is 0. The quantitative estimate of drug-likeness (QED) is 0.724. The molecule has 1 aliphatic carbocycles. The Labute approximate surface area is 120 Å². The lowest BCUT2D eigenvalue weighted by molar-refractivity contribution is 0.728. The van der Waals surface area contributed by atoms with E-state index >= 15 is 0 Å². The summed E-state index contributed by atoms with van der Waals surface area (Å²) in [4.78, 5) is 2.31. The third-order valence-electron chi connectivity index (χ3n) is 3.58. The second kappa shape index (κ2) is 5.79. The molecular weight excluding hydrogens is 242 g/mol. The van der Waals surface area contributed by atoms with E-state index in [4.69, 9.17) is 0 Å². The molecule has 1 nitrogen and oxygen atoms in total. The largest absolute Gasteiger partial charge is 0.311 e. The molecule has 100 valence electrons. The Morgan fingerprint density at radius 2 is 1.40 bits per heavy atom. The van der Waals surface area contributed by atoms with Crippen LogP contribution >= 0.6 is 0 Å². The zero-order valence-corrected chi connectivity index (χ0v) is 11.7. The molecule has 0 bridgehead atoms. The van der Waals surface area contributed by atoms with E-state index in [1.807, 2.05) is 0 Å². The molecule has 3 rings (SSSR count). The molecule has 2 aromatic carbocycles. The molecule has 0 saturated carbocycles. The van der Waals surface area contributed by atoms with Crippen molar-refractivity contribution in [2.45, 2.75) is 13.3 Å². The van der Waals surface area contributed by atoms with Gasteiger partial charge in [-0.05, 0) is 42.7 Å². The number of anilines is 2. The molecule has 1 unspecified atom stereocenters. The van der Waals surface area contributed by atoms with Crippen molar-refractivity contribution in [2.75, 3.05) is 4.90 Å². The predicted octanol–water partition coefficient (Wildman–Crippen LogP) is 5.30. The van der Waals surface area contributed by atoms with Crippen LogP contribution in [0.25, 0.3) is 0 Å². The summed E-state index contributed by atoms with van der Waals surface area (Å²) in [6.07, 6.45) is 7.94. The van der Waals surface area contributed by atoms with E-state index in [2.05, 4.69) is 90.7 Å². The molecule has 1 atom stereocenters. The first-order valence-electron chi connectivity index (χ1n) is 7.13. The van der Waals surface area contributed by atoms with E-state index in [1.165, 1.54) is 17.1 Å². The van der Waals surface area contributed by atoms with Crippen LogP contribution in [-0.4, -0.2) is 0 Å². The second-order valence-corrected chi connectivity index (χ2v) is 5.21. The minimum absolute atomic E-state index is 0.632. The zero-order valence-electron chi connectivity index (χ0n) is 11.7. The van der Waals surface area contributed by atoms with Crippen LogP contribution < -0.4 is 4.90 Å². The van der Waals surface area contributed by atoms with Gasteiger partial charge in [-0.1, -0.05) is 55.5 Å². The van der Waals surface area contributed by atoms with Crippen LogP contribution in [0.3, 0.4) is 0 Å². The highest BCUT2D eigenvalue weighted by atomic mass is 15.1. The molecule has 0 saturated heterocycles. The number of benzene rings is 2. The van der Waals surface area contributed by atoms with Gasteiger partial charge in [-0.2, -0.15) is 0 Å².